The van der Waals surface area contributed by atoms with Crippen molar-refractivity contribution in [3.63, 3.8) is 0 Å². The van der Waals surface area contributed by atoms with E-state index in [0.29, 0.717) is 12.5 Å². The third-order valence-electron chi connectivity index (χ3n) is 2.76. The van der Waals surface area contributed by atoms with Gasteiger partial charge in [-0.2, -0.15) is 0 Å². The molecule has 0 fully saturated rings. The van der Waals surface area contributed by atoms with E-state index in [9.17, 15) is 4.79 Å². The highest BCUT2D eigenvalue weighted by atomic mass is 16.4. The maximum atomic E-state index is 10.8. The van der Waals surface area contributed by atoms with Crippen LogP contribution in [-0.4, -0.2) is 27.6 Å². The van der Waals surface area contributed by atoms with E-state index in [2.05, 4.69) is 9.97 Å². The number of aryl methyl sites for hydroxylation is 1. The van der Waals surface area contributed by atoms with Crippen LogP contribution in [0.1, 0.15) is 22.8 Å². The molecule has 5 nitrogen and oxygen atoms in total. The molecular weight excluding hydrogens is 242 g/mol. The van der Waals surface area contributed by atoms with E-state index in [1.54, 1.807) is 0 Å². The van der Waals surface area contributed by atoms with Gasteiger partial charge in [-0.3, -0.25) is 0 Å². The van der Waals surface area contributed by atoms with Crippen LogP contribution in [0.25, 0.3) is 0 Å². The van der Waals surface area contributed by atoms with Gasteiger partial charge in [0.05, 0.1) is 5.56 Å². The third-order valence-corrected chi connectivity index (χ3v) is 2.76. The molecule has 1 aromatic heterocycles. The Bertz CT molecular complexity index is 581. The molecule has 0 amide bonds. The molecule has 0 spiro atoms. The summed E-state index contributed by atoms with van der Waals surface area (Å²) in [5.74, 6) is -0.525. The van der Waals surface area contributed by atoms with Crippen LogP contribution in [0, 0.1) is 6.92 Å². The molecular formula is C14H15N3O2. The van der Waals surface area contributed by atoms with E-state index in [0.717, 1.165) is 11.3 Å². The summed E-state index contributed by atoms with van der Waals surface area (Å²) in [5, 5.41) is 8.83. The first-order chi connectivity index (χ1) is 9.11. The van der Waals surface area contributed by atoms with Crippen LogP contribution < -0.4 is 4.90 Å². The molecule has 0 aliphatic heterocycles. The van der Waals surface area contributed by atoms with Crippen LogP contribution in [0.2, 0.25) is 0 Å². The van der Waals surface area contributed by atoms with Crippen molar-refractivity contribution in [1.82, 2.24) is 9.97 Å². The van der Waals surface area contributed by atoms with Gasteiger partial charge in [0.2, 0.25) is 5.95 Å². The van der Waals surface area contributed by atoms with Crippen LogP contribution in [0.5, 0.6) is 0 Å². The first-order valence-corrected chi connectivity index (χ1v) is 6.01. The van der Waals surface area contributed by atoms with Crippen LogP contribution in [0.15, 0.2) is 36.7 Å². The maximum absolute atomic E-state index is 10.8. The largest absolute Gasteiger partial charge is 0.478 e. The number of carbonyl (C=O) groups is 1. The molecule has 0 bridgehead atoms. The van der Waals surface area contributed by atoms with E-state index in [-0.39, 0.29) is 5.56 Å². The highest BCUT2D eigenvalue weighted by Gasteiger charge is 2.11. The lowest BCUT2D eigenvalue weighted by Gasteiger charge is -2.21. The Labute approximate surface area is 111 Å². The lowest BCUT2D eigenvalue weighted by atomic mass is 10.2. The lowest BCUT2D eigenvalue weighted by Crippen LogP contribution is -2.19. The Morgan fingerprint density at radius 2 is 2.00 bits per heavy atom. The summed E-state index contributed by atoms with van der Waals surface area (Å²) in [5.41, 5.74) is 2.23. The first kappa shape index (κ1) is 13.0. The molecule has 2 aromatic rings. The summed E-state index contributed by atoms with van der Waals surface area (Å²) >= 11 is 0. The molecule has 0 aliphatic rings. The van der Waals surface area contributed by atoms with Gasteiger partial charge in [0.15, 0.2) is 0 Å². The van der Waals surface area contributed by atoms with Gasteiger partial charge in [-0.25, -0.2) is 14.8 Å². The Balaban J connectivity index is 2.34. The summed E-state index contributed by atoms with van der Waals surface area (Å²) in [6.45, 7) is 4.72. The zero-order chi connectivity index (χ0) is 13.8. The third kappa shape index (κ3) is 2.88. The first-order valence-electron chi connectivity index (χ1n) is 6.01. The van der Waals surface area contributed by atoms with Gasteiger partial charge in [0.25, 0.3) is 0 Å². The fraction of sp³-hybridized carbons (Fsp3) is 0.214. The average Bonchev–Trinajstić information content (AvgIpc) is 2.40. The average molecular weight is 257 g/mol. The molecule has 19 heavy (non-hydrogen) atoms. The van der Waals surface area contributed by atoms with Crippen molar-refractivity contribution in [1.29, 1.82) is 0 Å². The van der Waals surface area contributed by atoms with Crippen molar-refractivity contribution < 1.29 is 9.90 Å². The summed E-state index contributed by atoms with van der Waals surface area (Å²) in [6.07, 6.45) is 2.65. The van der Waals surface area contributed by atoms with Crippen molar-refractivity contribution >= 4 is 17.6 Å². The van der Waals surface area contributed by atoms with Gasteiger partial charge < -0.3 is 10.0 Å². The molecule has 0 atom stereocenters. The predicted octanol–water partition coefficient (Wildman–Crippen LogP) is 2.64. The quantitative estimate of drug-likeness (QED) is 0.912. The Morgan fingerprint density at radius 1 is 1.32 bits per heavy atom. The number of aromatic nitrogens is 2. The molecule has 5 heteroatoms. The number of aromatic carboxylic acids is 1. The summed E-state index contributed by atoms with van der Waals surface area (Å²) in [7, 11) is 0. The van der Waals surface area contributed by atoms with Crippen molar-refractivity contribution in [2.45, 2.75) is 13.8 Å². The second-order valence-electron chi connectivity index (χ2n) is 4.16. The smallest absolute Gasteiger partial charge is 0.338 e. The molecule has 0 radical (unpaired) electrons. The van der Waals surface area contributed by atoms with Gasteiger partial charge in [-0.15, -0.1) is 0 Å². The number of hydrogen-bond donors (Lipinski definition) is 1. The van der Waals surface area contributed by atoms with E-state index in [1.165, 1.54) is 12.4 Å². The number of carboxylic acid groups (broad SMARTS) is 1. The molecule has 0 aliphatic carbocycles. The van der Waals surface area contributed by atoms with Gasteiger partial charge in [0, 0.05) is 24.6 Å². The van der Waals surface area contributed by atoms with Crippen LogP contribution in [0.3, 0.4) is 0 Å². The minimum absolute atomic E-state index is 0.0871. The topological polar surface area (TPSA) is 66.3 Å². The Kier molecular flexibility index (Phi) is 3.75. The summed E-state index contributed by atoms with van der Waals surface area (Å²) < 4.78 is 0. The Morgan fingerprint density at radius 3 is 2.53 bits per heavy atom. The monoisotopic (exact) mass is 257 g/mol. The second kappa shape index (κ2) is 5.48. The SMILES string of the molecule is CCN(c1cccc(C)c1)c1ncc(C(=O)O)cn1. The van der Waals surface area contributed by atoms with E-state index >= 15 is 0 Å². The molecule has 0 saturated carbocycles. The van der Waals surface area contributed by atoms with Crippen molar-refractivity contribution in [3.05, 3.63) is 47.8 Å². The zero-order valence-electron chi connectivity index (χ0n) is 10.9. The molecule has 1 heterocycles. The van der Waals surface area contributed by atoms with Gasteiger partial charge in [0.1, 0.15) is 0 Å². The van der Waals surface area contributed by atoms with Crippen LogP contribution in [0.4, 0.5) is 11.6 Å². The molecule has 98 valence electrons. The van der Waals surface area contributed by atoms with E-state index < -0.39 is 5.97 Å². The van der Waals surface area contributed by atoms with Crippen molar-refractivity contribution in [2.24, 2.45) is 0 Å². The minimum Gasteiger partial charge on any atom is -0.478 e. The number of anilines is 2. The maximum Gasteiger partial charge on any atom is 0.338 e. The predicted molar refractivity (Wildman–Crippen MR) is 72.9 cm³/mol. The van der Waals surface area contributed by atoms with Gasteiger partial charge >= 0.3 is 5.97 Å². The van der Waals surface area contributed by atoms with E-state index in [1.807, 2.05) is 43.0 Å². The zero-order valence-corrected chi connectivity index (χ0v) is 10.9. The molecule has 1 aromatic carbocycles. The number of carboxylic acids is 1. The number of benzene rings is 1. The fourth-order valence-corrected chi connectivity index (χ4v) is 1.81. The normalized spacial score (nSPS) is 10.2. The van der Waals surface area contributed by atoms with Gasteiger partial charge in [-0.1, -0.05) is 12.1 Å². The highest BCUT2D eigenvalue weighted by molar-refractivity contribution is 5.86. The molecule has 1 N–H and O–H groups in total. The number of rotatable bonds is 4. The standard InChI is InChI=1S/C14H15N3O2/c1-3-17(12-6-4-5-10(2)7-12)14-15-8-11(9-16-14)13(18)19/h4-9H,3H2,1-2H3,(H,18,19). The second-order valence-corrected chi connectivity index (χ2v) is 4.16. The molecule has 0 saturated heterocycles. The van der Waals surface area contributed by atoms with Gasteiger partial charge in [-0.05, 0) is 31.5 Å². The number of hydrogen-bond acceptors (Lipinski definition) is 4. The Hall–Kier alpha value is -2.43. The van der Waals surface area contributed by atoms with E-state index in [4.69, 9.17) is 5.11 Å². The highest BCUT2D eigenvalue weighted by Crippen LogP contribution is 2.22. The number of nitrogens with zero attached hydrogens (tertiary/aromatic N) is 3. The summed E-state index contributed by atoms with van der Waals surface area (Å²) in [4.78, 5) is 20.9. The van der Waals surface area contributed by atoms with Crippen molar-refractivity contribution in [2.75, 3.05) is 11.4 Å². The van der Waals surface area contributed by atoms with Crippen LogP contribution >= 0.6 is 0 Å². The molecule has 0 unspecified atom stereocenters. The lowest BCUT2D eigenvalue weighted by molar-refractivity contribution is 0.0696. The van der Waals surface area contributed by atoms with Crippen LogP contribution in [-0.2, 0) is 0 Å². The van der Waals surface area contributed by atoms with Crippen molar-refractivity contribution in [3.8, 4) is 0 Å². The molecule has 2 rings (SSSR count). The minimum atomic E-state index is -1.02. The summed E-state index contributed by atoms with van der Waals surface area (Å²) in [6, 6.07) is 8.01. The fourth-order valence-electron chi connectivity index (χ4n) is 1.81.